The maximum absolute atomic E-state index is 12.6. The van der Waals surface area contributed by atoms with Gasteiger partial charge in [0.15, 0.2) is 6.10 Å². The van der Waals surface area contributed by atoms with Crippen LogP contribution in [0.2, 0.25) is 0 Å². The lowest BCUT2D eigenvalue weighted by Gasteiger charge is -2.40. The van der Waals surface area contributed by atoms with Crippen molar-refractivity contribution in [2.24, 2.45) is 0 Å². The van der Waals surface area contributed by atoms with Crippen molar-refractivity contribution < 1.29 is 9.53 Å². The van der Waals surface area contributed by atoms with E-state index in [1.54, 1.807) is 31.3 Å². The number of anilines is 2. The minimum Gasteiger partial charge on any atom is -0.399 e. The Morgan fingerprint density at radius 2 is 2.00 bits per heavy atom. The molecule has 0 bridgehead atoms. The highest BCUT2D eigenvalue weighted by atomic mass is 16.5. The number of rotatable bonds is 2. The van der Waals surface area contributed by atoms with Gasteiger partial charge < -0.3 is 20.3 Å². The summed E-state index contributed by atoms with van der Waals surface area (Å²) in [7, 11) is 3.54. The number of benzene rings is 1. The van der Waals surface area contributed by atoms with Crippen molar-refractivity contribution in [2.75, 3.05) is 37.8 Å². The molecular formula is C20H24N4O2. The second kappa shape index (κ2) is 6.29. The Hall–Kier alpha value is -2.60. The molecule has 6 heteroatoms. The average Bonchev–Trinajstić information content (AvgIpc) is 2.96. The predicted molar refractivity (Wildman–Crippen MR) is 101 cm³/mol. The first-order valence-corrected chi connectivity index (χ1v) is 8.95. The number of piperidine rings is 1. The van der Waals surface area contributed by atoms with Gasteiger partial charge >= 0.3 is 0 Å². The minimum atomic E-state index is -0.516. The molecule has 1 spiro atoms. The van der Waals surface area contributed by atoms with Crippen molar-refractivity contribution in [1.29, 1.82) is 0 Å². The molecule has 1 amide bonds. The lowest BCUT2D eigenvalue weighted by atomic mass is 9.83. The van der Waals surface area contributed by atoms with Gasteiger partial charge in [0.1, 0.15) is 5.82 Å². The fourth-order valence-electron chi connectivity index (χ4n) is 4.00. The molecule has 2 aliphatic heterocycles. The summed E-state index contributed by atoms with van der Waals surface area (Å²) < 4.78 is 6.43. The van der Waals surface area contributed by atoms with E-state index >= 15 is 0 Å². The first-order valence-electron chi connectivity index (χ1n) is 8.95. The van der Waals surface area contributed by atoms with Crippen LogP contribution in [0.5, 0.6) is 0 Å². The summed E-state index contributed by atoms with van der Waals surface area (Å²) in [6.45, 7) is 1.63. The van der Waals surface area contributed by atoms with Crippen LogP contribution in [0.3, 0.4) is 0 Å². The number of hydrogen-bond acceptors (Lipinski definition) is 5. The quantitative estimate of drug-likeness (QED) is 0.898. The lowest BCUT2D eigenvalue weighted by molar-refractivity contribution is -0.154. The largest absolute Gasteiger partial charge is 0.399 e. The summed E-state index contributed by atoms with van der Waals surface area (Å²) >= 11 is 0. The molecule has 0 radical (unpaired) electrons. The summed E-state index contributed by atoms with van der Waals surface area (Å²) in [5.74, 6) is 0.890. The van der Waals surface area contributed by atoms with Crippen molar-refractivity contribution in [3.05, 3.63) is 53.7 Å². The molecule has 136 valence electrons. The number of carbonyl (C=O) groups is 1. The van der Waals surface area contributed by atoms with Crippen molar-refractivity contribution in [3.63, 3.8) is 0 Å². The summed E-state index contributed by atoms with van der Waals surface area (Å²) in [4.78, 5) is 20.9. The van der Waals surface area contributed by atoms with Gasteiger partial charge in [-0.05, 0) is 30.0 Å². The molecule has 1 saturated heterocycles. The Morgan fingerprint density at radius 3 is 2.69 bits per heavy atom. The third kappa shape index (κ3) is 2.70. The molecule has 3 heterocycles. The number of fused-ring (bicyclic) bond motifs is 2. The van der Waals surface area contributed by atoms with Crippen LogP contribution in [-0.4, -0.2) is 43.0 Å². The molecule has 1 unspecified atom stereocenters. The van der Waals surface area contributed by atoms with Gasteiger partial charge in [0, 0.05) is 45.1 Å². The molecule has 0 aliphatic carbocycles. The Bertz CT molecular complexity index is 828. The third-order valence-corrected chi connectivity index (χ3v) is 5.41. The zero-order valence-electron chi connectivity index (χ0n) is 15.2. The molecule has 1 atom stereocenters. The summed E-state index contributed by atoms with van der Waals surface area (Å²) in [5, 5.41) is 0. The highest BCUT2D eigenvalue weighted by Gasteiger charge is 2.49. The molecule has 2 aliphatic rings. The predicted octanol–water partition coefficient (Wildman–Crippen LogP) is 2.32. The van der Waals surface area contributed by atoms with Crippen molar-refractivity contribution in [2.45, 2.75) is 24.5 Å². The number of nitrogen functional groups attached to an aromatic ring is 1. The second-order valence-corrected chi connectivity index (χ2v) is 7.25. The third-order valence-electron chi connectivity index (χ3n) is 5.41. The van der Waals surface area contributed by atoms with Crippen molar-refractivity contribution in [1.82, 2.24) is 9.88 Å². The lowest BCUT2D eigenvalue weighted by Crippen LogP contribution is -2.43. The number of nitrogens with two attached hydrogens (primary N) is 1. The molecule has 2 N–H and O–H groups in total. The van der Waals surface area contributed by atoms with Crippen LogP contribution < -0.4 is 10.6 Å². The zero-order chi connectivity index (χ0) is 18.3. The molecule has 6 nitrogen and oxygen atoms in total. The second-order valence-electron chi connectivity index (χ2n) is 7.25. The van der Waals surface area contributed by atoms with Crippen LogP contribution in [0, 0.1) is 0 Å². The number of pyridine rings is 1. The molecule has 26 heavy (non-hydrogen) atoms. The van der Waals surface area contributed by atoms with E-state index in [9.17, 15) is 4.79 Å². The number of carbonyl (C=O) groups excluding carboxylic acids is 1. The summed E-state index contributed by atoms with van der Waals surface area (Å²) in [6, 6.07) is 11.8. The Balaban J connectivity index is 1.60. The maximum Gasteiger partial charge on any atom is 0.255 e. The number of ether oxygens (including phenoxy) is 1. The van der Waals surface area contributed by atoms with E-state index in [1.807, 2.05) is 24.3 Å². The van der Waals surface area contributed by atoms with Gasteiger partial charge in [0.25, 0.3) is 5.91 Å². The van der Waals surface area contributed by atoms with Gasteiger partial charge in [0.2, 0.25) is 0 Å². The number of hydrogen-bond donors (Lipinski definition) is 1. The van der Waals surface area contributed by atoms with Gasteiger partial charge in [-0.1, -0.05) is 24.3 Å². The normalized spacial score (nSPS) is 20.8. The smallest absolute Gasteiger partial charge is 0.255 e. The first-order chi connectivity index (χ1) is 12.5. The number of amides is 1. The highest BCUT2D eigenvalue weighted by molar-refractivity contribution is 5.83. The highest BCUT2D eigenvalue weighted by Crippen LogP contribution is 2.49. The van der Waals surface area contributed by atoms with Crippen LogP contribution in [0.4, 0.5) is 11.5 Å². The molecule has 4 rings (SSSR count). The van der Waals surface area contributed by atoms with Crippen LogP contribution in [0.25, 0.3) is 0 Å². The van der Waals surface area contributed by atoms with Gasteiger partial charge in [-0.25, -0.2) is 4.98 Å². The Morgan fingerprint density at radius 1 is 1.27 bits per heavy atom. The maximum atomic E-state index is 12.6. The van der Waals surface area contributed by atoms with E-state index in [0.717, 1.165) is 48.6 Å². The van der Waals surface area contributed by atoms with Crippen LogP contribution >= 0.6 is 0 Å². The van der Waals surface area contributed by atoms with Crippen LogP contribution in [0.1, 0.15) is 30.1 Å². The zero-order valence-corrected chi connectivity index (χ0v) is 15.2. The van der Waals surface area contributed by atoms with E-state index in [2.05, 4.69) is 16.0 Å². The standard InChI is InChI=1S/C20H24N4O2/c1-23(2)19(25)18-15-5-3-4-6-16(15)20(26-18)8-11-24(12-9-20)17-13-14(21)7-10-22-17/h3-7,10,13,18H,8-9,11-12H2,1-2H3,(H2,21,22). The minimum absolute atomic E-state index is 0.00532. The van der Waals surface area contributed by atoms with E-state index in [4.69, 9.17) is 10.5 Å². The molecule has 0 saturated carbocycles. The van der Waals surface area contributed by atoms with E-state index in [0.29, 0.717) is 0 Å². The topological polar surface area (TPSA) is 71.7 Å². The molecule has 1 aromatic heterocycles. The van der Waals surface area contributed by atoms with Crippen molar-refractivity contribution in [3.8, 4) is 0 Å². The number of likely N-dealkylation sites (N-methyl/N-ethyl adjacent to an activating group) is 1. The van der Waals surface area contributed by atoms with Gasteiger partial charge in [0.05, 0.1) is 5.60 Å². The molecule has 2 aromatic rings. The van der Waals surface area contributed by atoms with Crippen LogP contribution in [0.15, 0.2) is 42.6 Å². The summed E-state index contributed by atoms with van der Waals surface area (Å²) in [5.41, 5.74) is 8.36. The van der Waals surface area contributed by atoms with Gasteiger partial charge in [-0.15, -0.1) is 0 Å². The van der Waals surface area contributed by atoms with E-state index in [-0.39, 0.29) is 5.91 Å². The first kappa shape index (κ1) is 16.8. The van der Waals surface area contributed by atoms with E-state index in [1.165, 1.54) is 0 Å². The molecule has 1 aromatic carbocycles. The monoisotopic (exact) mass is 352 g/mol. The van der Waals surface area contributed by atoms with E-state index < -0.39 is 11.7 Å². The SMILES string of the molecule is CN(C)C(=O)C1OC2(CCN(c3cc(N)ccn3)CC2)c2ccccc21. The Labute approximate surface area is 153 Å². The number of nitrogens with zero attached hydrogens (tertiary/aromatic N) is 3. The molecule has 1 fully saturated rings. The summed E-state index contributed by atoms with van der Waals surface area (Å²) in [6.07, 6.45) is 2.86. The molecular weight excluding hydrogens is 328 g/mol. The van der Waals surface area contributed by atoms with Gasteiger partial charge in [-0.3, -0.25) is 4.79 Å². The fraction of sp³-hybridized carbons (Fsp3) is 0.400. The van der Waals surface area contributed by atoms with Crippen LogP contribution in [-0.2, 0) is 15.1 Å². The Kier molecular flexibility index (Phi) is 4.07. The van der Waals surface area contributed by atoms with Crippen molar-refractivity contribution >= 4 is 17.4 Å². The van der Waals surface area contributed by atoms with Gasteiger partial charge in [-0.2, -0.15) is 0 Å². The number of aromatic nitrogens is 1. The fourth-order valence-corrected chi connectivity index (χ4v) is 4.00. The average molecular weight is 352 g/mol.